The van der Waals surface area contributed by atoms with Crippen molar-refractivity contribution in [1.29, 1.82) is 0 Å². The minimum Gasteiger partial charge on any atom is -0.352 e. The van der Waals surface area contributed by atoms with E-state index in [2.05, 4.69) is 10.6 Å². The molecule has 2 atom stereocenters. The quantitative estimate of drug-likeness (QED) is 0.802. The van der Waals surface area contributed by atoms with E-state index in [1.54, 1.807) is 0 Å². The van der Waals surface area contributed by atoms with Crippen LogP contribution in [0.15, 0.2) is 36.4 Å². The Balaban J connectivity index is 1.53. The van der Waals surface area contributed by atoms with Crippen molar-refractivity contribution in [2.45, 2.75) is 19.9 Å². The molecule has 4 nitrogen and oxygen atoms in total. The van der Waals surface area contributed by atoms with Crippen molar-refractivity contribution in [2.24, 2.45) is 11.8 Å². The lowest BCUT2D eigenvalue weighted by atomic mass is 10.1. The van der Waals surface area contributed by atoms with Gasteiger partial charge in [-0.1, -0.05) is 29.8 Å². The molecule has 26 heavy (non-hydrogen) atoms. The van der Waals surface area contributed by atoms with Crippen molar-refractivity contribution in [3.05, 3.63) is 65.0 Å². The number of halogens is 3. The van der Waals surface area contributed by atoms with E-state index in [0.29, 0.717) is 13.0 Å². The van der Waals surface area contributed by atoms with Crippen LogP contribution in [0.25, 0.3) is 0 Å². The molecule has 2 aromatic rings. The van der Waals surface area contributed by atoms with Gasteiger partial charge in [0.1, 0.15) is 0 Å². The summed E-state index contributed by atoms with van der Waals surface area (Å²) >= 11 is 0. The summed E-state index contributed by atoms with van der Waals surface area (Å²) in [6, 6.07) is 9.35. The van der Waals surface area contributed by atoms with E-state index in [4.69, 9.17) is 0 Å². The van der Waals surface area contributed by atoms with Crippen molar-refractivity contribution >= 4 is 17.5 Å². The average Bonchev–Trinajstić information content (AvgIpc) is 3.42. The molecule has 1 fully saturated rings. The van der Waals surface area contributed by atoms with Crippen LogP contribution in [0.5, 0.6) is 0 Å². The second-order valence-electron chi connectivity index (χ2n) is 6.36. The average molecular weight is 362 g/mol. The molecule has 1 saturated carbocycles. The number of hydrogen-bond donors (Lipinski definition) is 2. The van der Waals surface area contributed by atoms with E-state index in [0.717, 1.165) is 23.3 Å². The molecule has 3 rings (SSSR count). The SMILES string of the molecule is Cc1ccc(CNC(=O)C2CC2C(=O)Nc2ccc(F)c(F)c2F)cc1. The number of amides is 2. The van der Waals surface area contributed by atoms with Crippen LogP contribution in [0.4, 0.5) is 18.9 Å². The van der Waals surface area contributed by atoms with Gasteiger partial charge in [0.05, 0.1) is 17.5 Å². The first kappa shape index (κ1) is 18.0. The summed E-state index contributed by atoms with van der Waals surface area (Å²) < 4.78 is 39.7. The molecular weight excluding hydrogens is 345 g/mol. The maximum atomic E-state index is 13.6. The van der Waals surface area contributed by atoms with Gasteiger partial charge in [-0.05, 0) is 31.0 Å². The lowest BCUT2D eigenvalue weighted by Gasteiger charge is -2.08. The van der Waals surface area contributed by atoms with Gasteiger partial charge < -0.3 is 10.6 Å². The third kappa shape index (κ3) is 3.87. The van der Waals surface area contributed by atoms with E-state index >= 15 is 0 Å². The minimum atomic E-state index is -1.65. The van der Waals surface area contributed by atoms with Crippen LogP contribution >= 0.6 is 0 Å². The maximum Gasteiger partial charge on any atom is 0.228 e. The van der Waals surface area contributed by atoms with Crippen LogP contribution in [0.2, 0.25) is 0 Å². The predicted octanol–water partition coefficient (Wildman–Crippen LogP) is 3.30. The highest BCUT2D eigenvalue weighted by Crippen LogP contribution is 2.39. The van der Waals surface area contributed by atoms with Gasteiger partial charge in [-0.15, -0.1) is 0 Å². The fraction of sp³-hybridized carbons (Fsp3) is 0.263. The highest BCUT2D eigenvalue weighted by molar-refractivity contribution is 5.99. The first-order chi connectivity index (χ1) is 12.4. The lowest BCUT2D eigenvalue weighted by Crippen LogP contribution is -2.27. The van der Waals surface area contributed by atoms with Crippen LogP contribution in [-0.2, 0) is 16.1 Å². The van der Waals surface area contributed by atoms with Crippen molar-refractivity contribution < 1.29 is 22.8 Å². The van der Waals surface area contributed by atoms with E-state index in [1.165, 1.54) is 0 Å². The van der Waals surface area contributed by atoms with Crippen LogP contribution in [0.3, 0.4) is 0 Å². The molecule has 0 aliphatic heterocycles. The van der Waals surface area contributed by atoms with Crippen LogP contribution in [0.1, 0.15) is 17.5 Å². The number of benzene rings is 2. The van der Waals surface area contributed by atoms with Crippen molar-refractivity contribution in [1.82, 2.24) is 5.32 Å². The Morgan fingerprint density at radius 3 is 2.31 bits per heavy atom. The number of hydrogen-bond acceptors (Lipinski definition) is 2. The second-order valence-corrected chi connectivity index (χ2v) is 6.36. The summed E-state index contributed by atoms with van der Waals surface area (Å²) in [5.41, 5.74) is 1.61. The Morgan fingerprint density at radius 1 is 0.962 bits per heavy atom. The first-order valence-electron chi connectivity index (χ1n) is 8.14. The zero-order valence-corrected chi connectivity index (χ0v) is 14.0. The Bertz CT molecular complexity index is 853. The highest BCUT2D eigenvalue weighted by atomic mass is 19.2. The third-order valence-corrected chi connectivity index (χ3v) is 4.34. The number of aryl methyl sites for hydroxylation is 1. The number of anilines is 1. The molecule has 0 aromatic heterocycles. The Labute approximate surface area is 148 Å². The fourth-order valence-corrected chi connectivity index (χ4v) is 2.65. The molecule has 0 saturated heterocycles. The summed E-state index contributed by atoms with van der Waals surface area (Å²) in [6.07, 6.45) is 0.330. The van der Waals surface area contributed by atoms with Gasteiger partial charge in [0, 0.05) is 6.54 Å². The van der Waals surface area contributed by atoms with E-state index in [1.807, 2.05) is 31.2 Å². The molecule has 136 valence electrons. The van der Waals surface area contributed by atoms with Crippen molar-refractivity contribution in [3.63, 3.8) is 0 Å². The topological polar surface area (TPSA) is 58.2 Å². The van der Waals surface area contributed by atoms with Gasteiger partial charge in [-0.3, -0.25) is 9.59 Å². The largest absolute Gasteiger partial charge is 0.352 e. The van der Waals surface area contributed by atoms with Crippen LogP contribution in [0, 0.1) is 36.2 Å². The zero-order chi connectivity index (χ0) is 18.8. The Hall–Kier alpha value is -2.83. The number of carbonyl (C=O) groups is 2. The molecule has 0 heterocycles. The summed E-state index contributed by atoms with van der Waals surface area (Å²) in [5, 5.41) is 4.96. The molecule has 2 N–H and O–H groups in total. The third-order valence-electron chi connectivity index (χ3n) is 4.34. The van der Waals surface area contributed by atoms with Gasteiger partial charge >= 0.3 is 0 Å². The molecule has 7 heteroatoms. The van der Waals surface area contributed by atoms with Crippen LogP contribution < -0.4 is 10.6 Å². The predicted molar refractivity (Wildman–Crippen MR) is 89.6 cm³/mol. The molecular formula is C19H17F3N2O2. The molecule has 1 aliphatic rings. The second kappa shape index (κ2) is 7.19. The standard InChI is InChI=1S/C19H17F3N2O2/c1-10-2-4-11(5-3-10)9-23-18(25)12-8-13(12)19(26)24-15-7-6-14(20)16(21)17(15)22/h2-7,12-13H,8-9H2,1H3,(H,23,25)(H,24,26). The maximum absolute atomic E-state index is 13.6. The lowest BCUT2D eigenvalue weighted by molar-refractivity contribution is -0.125. The summed E-state index contributed by atoms with van der Waals surface area (Å²) in [4.78, 5) is 24.2. The van der Waals surface area contributed by atoms with Gasteiger partial charge in [0.2, 0.25) is 11.8 Å². The van der Waals surface area contributed by atoms with Crippen LogP contribution in [-0.4, -0.2) is 11.8 Å². The minimum absolute atomic E-state index is 0.267. The van der Waals surface area contributed by atoms with Crippen molar-refractivity contribution in [3.8, 4) is 0 Å². The number of carbonyl (C=O) groups excluding carboxylic acids is 2. The summed E-state index contributed by atoms with van der Waals surface area (Å²) in [6.45, 7) is 2.31. The molecule has 1 aliphatic carbocycles. The zero-order valence-electron chi connectivity index (χ0n) is 14.0. The molecule has 2 unspecified atom stereocenters. The molecule has 2 aromatic carbocycles. The van der Waals surface area contributed by atoms with E-state index < -0.39 is 40.9 Å². The van der Waals surface area contributed by atoms with Gasteiger partial charge in [-0.2, -0.15) is 0 Å². The van der Waals surface area contributed by atoms with Crippen molar-refractivity contribution in [2.75, 3.05) is 5.32 Å². The summed E-state index contributed by atoms with van der Waals surface area (Å²) in [5.74, 6) is -6.41. The first-order valence-corrected chi connectivity index (χ1v) is 8.14. The molecule has 0 spiro atoms. The summed E-state index contributed by atoms with van der Waals surface area (Å²) in [7, 11) is 0. The Morgan fingerprint density at radius 2 is 1.62 bits per heavy atom. The normalized spacial score (nSPS) is 18.3. The van der Waals surface area contributed by atoms with E-state index in [9.17, 15) is 22.8 Å². The highest BCUT2D eigenvalue weighted by Gasteiger charge is 2.48. The number of rotatable bonds is 5. The van der Waals surface area contributed by atoms with Gasteiger partial charge in [0.25, 0.3) is 0 Å². The molecule has 0 radical (unpaired) electrons. The van der Waals surface area contributed by atoms with E-state index in [-0.39, 0.29) is 5.91 Å². The Kier molecular flexibility index (Phi) is 4.97. The monoisotopic (exact) mass is 362 g/mol. The van der Waals surface area contributed by atoms with Gasteiger partial charge in [0.15, 0.2) is 17.5 Å². The fourth-order valence-electron chi connectivity index (χ4n) is 2.65. The molecule has 0 bridgehead atoms. The van der Waals surface area contributed by atoms with Gasteiger partial charge in [-0.25, -0.2) is 13.2 Å². The smallest absolute Gasteiger partial charge is 0.228 e. The molecule has 2 amide bonds. The number of nitrogens with one attached hydrogen (secondary N) is 2.